The van der Waals surface area contributed by atoms with E-state index >= 15 is 0 Å². The standard InChI is InChI=1S/C13H15N3O7/c1-7(2)23-13(18)8(3)14-12(17)9-4-10(15(19)20)6-11(5-9)16(21)22/h4-8H,1-3H3,(H,14,17). The topological polar surface area (TPSA) is 142 Å². The van der Waals surface area contributed by atoms with Crippen LogP contribution in [0.3, 0.4) is 0 Å². The molecule has 1 aromatic rings. The number of carbonyl (C=O) groups is 2. The van der Waals surface area contributed by atoms with Crippen LogP contribution < -0.4 is 5.32 Å². The Morgan fingerprint density at radius 1 is 1.04 bits per heavy atom. The Morgan fingerprint density at radius 2 is 1.52 bits per heavy atom. The first-order valence-electron chi connectivity index (χ1n) is 6.57. The summed E-state index contributed by atoms with van der Waals surface area (Å²) in [7, 11) is 0. The van der Waals surface area contributed by atoms with Gasteiger partial charge in [0.1, 0.15) is 6.04 Å². The zero-order valence-electron chi connectivity index (χ0n) is 12.6. The third-order valence-electron chi connectivity index (χ3n) is 2.64. The van der Waals surface area contributed by atoms with Gasteiger partial charge in [0, 0.05) is 12.1 Å². The molecule has 0 aliphatic rings. The lowest BCUT2D eigenvalue weighted by Crippen LogP contribution is -2.40. The van der Waals surface area contributed by atoms with Crippen LogP contribution in [0.2, 0.25) is 0 Å². The average molecular weight is 325 g/mol. The lowest BCUT2D eigenvalue weighted by Gasteiger charge is -2.15. The zero-order chi connectivity index (χ0) is 17.7. The smallest absolute Gasteiger partial charge is 0.328 e. The van der Waals surface area contributed by atoms with Crippen molar-refractivity contribution in [1.29, 1.82) is 0 Å². The van der Waals surface area contributed by atoms with Gasteiger partial charge >= 0.3 is 5.97 Å². The predicted molar refractivity (Wildman–Crippen MR) is 77.9 cm³/mol. The van der Waals surface area contributed by atoms with Gasteiger partial charge in [-0.15, -0.1) is 0 Å². The van der Waals surface area contributed by atoms with E-state index in [1.165, 1.54) is 6.92 Å². The Morgan fingerprint density at radius 3 is 1.91 bits per heavy atom. The number of nitrogens with one attached hydrogen (secondary N) is 1. The van der Waals surface area contributed by atoms with Crippen LogP contribution in [0.1, 0.15) is 31.1 Å². The summed E-state index contributed by atoms with van der Waals surface area (Å²) in [6, 6.07) is 1.52. The minimum absolute atomic E-state index is 0.296. The fourth-order valence-electron chi connectivity index (χ4n) is 1.61. The van der Waals surface area contributed by atoms with E-state index in [2.05, 4.69) is 5.32 Å². The molecule has 0 aliphatic heterocycles. The minimum Gasteiger partial charge on any atom is -0.461 e. The molecule has 1 rings (SSSR count). The second-order valence-corrected chi connectivity index (χ2v) is 4.93. The summed E-state index contributed by atoms with van der Waals surface area (Å²) in [5.74, 6) is -1.54. The van der Waals surface area contributed by atoms with E-state index in [1.807, 2.05) is 0 Å². The van der Waals surface area contributed by atoms with Crippen LogP contribution >= 0.6 is 0 Å². The lowest BCUT2D eigenvalue weighted by atomic mass is 10.1. The molecule has 1 aromatic carbocycles. The van der Waals surface area contributed by atoms with E-state index < -0.39 is 39.1 Å². The SMILES string of the molecule is CC(C)OC(=O)C(C)NC(=O)c1cc([N+](=O)[O-])cc([N+](=O)[O-])c1. The normalized spacial score (nSPS) is 11.7. The van der Waals surface area contributed by atoms with Gasteiger partial charge in [0.25, 0.3) is 17.3 Å². The number of rotatable bonds is 6. The first kappa shape index (κ1) is 18.0. The molecule has 1 amide bonds. The molecule has 0 bridgehead atoms. The van der Waals surface area contributed by atoms with E-state index in [9.17, 15) is 29.8 Å². The van der Waals surface area contributed by atoms with Crippen LogP contribution in [0.4, 0.5) is 11.4 Å². The van der Waals surface area contributed by atoms with Gasteiger partial charge in [0.2, 0.25) is 0 Å². The number of amides is 1. The maximum atomic E-state index is 12.0. The highest BCUT2D eigenvalue weighted by atomic mass is 16.6. The number of non-ortho nitro benzene ring substituents is 2. The first-order valence-corrected chi connectivity index (χ1v) is 6.57. The molecular weight excluding hydrogens is 310 g/mol. The number of esters is 1. The molecule has 0 aliphatic carbocycles. The monoisotopic (exact) mass is 325 g/mol. The molecule has 0 aromatic heterocycles. The van der Waals surface area contributed by atoms with Gasteiger partial charge in [-0.25, -0.2) is 4.79 Å². The van der Waals surface area contributed by atoms with Gasteiger partial charge in [0.15, 0.2) is 0 Å². The van der Waals surface area contributed by atoms with E-state index in [-0.39, 0.29) is 11.7 Å². The van der Waals surface area contributed by atoms with Crippen molar-refractivity contribution in [2.24, 2.45) is 0 Å². The number of benzene rings is 1. The average Bonchev–Trinajstić information content (AvgIpc) is 2.45. The molecule has 10 nitrogen and oxygen atoms in total. The predicted octanol–water partition coefficient (Wildman–Crippen LogP) is 1.57. The quantitative estimate of drug-likeness (QED) is 0.475. The maximum absolute atomic E-state index is 12.0. The summed E-state index contributed by atoms with van der Waals surface area (Å²) in [6.07, 6.45) is -0.374. The molecule has 10 heteroatoms. The van der Waals surface area contributed by atoms with E-state index in [1.54, 1.807) is 13.8 Å². The molecule has 0 spiro atoms. The Labute approximate surface area is 130 Å². The third kappa shape index (κ3) is 5.02. The number of nitro benzene ring substituents is 2. The van der Waals surface area contributed by atoms with Gasteiger partial charge in [0.05, 0.1) is 27.6 Å². The molecule has 1 N–H and O–H groups in total. The molecule has 23 heavy (non-hydrogen) atoms. The van der Waals surface area contributed by atoms with Crippen molar-refractivity contribution >= 4 is 23.3 Å². The van der Waals surface area contributed by atoms with E-state index in [4.69, 9.17) is 4.74 Å². The zero-order valence-corrected chi connectivity index (χ0v) is 12.6. The van der Waals surface area contributed by atoms with Crippen molar-refractivity contribution < 1.29 is 24.2 Å². The van der Waals surface area contributed by atoms with Crippen LogP contribution in [0.25, 0.3) is 0 Å². The molecule has 0 saturated heterocycles. The number of hydrogen-bond donors (Lipinski definition) is 1. The van der Waals surface area contributed by atoms with Crippen molar-refractivity contribution in [1.82, 2.24) is 5.32 Å². The van der Waals surface area contributed by atoms with Crippen LogP contribution in [0.5, 0.6) is 0 Å². The van der Waals surface area contributed by atoms with Gasteiger partial charge in [-0.05, 0) is 20.8 Å². The van der Waals surface area contributed by atoms with Crippen molar-refractivity contribution in [2.45, 2.75) is 32.9 Å². The van der Waals surface area contributed by atoms with Crippen molar-refractivity contribution in [3.63, 3.8) is 0 Å². The van der Waals surface area contributed by atoms with E-state index in [0.29, 0.717) is 0 Å². The minimum atomic E-state index is -1.01. The molecule has 0 saturated carbocycles. The first-order chi connectivity index (χ1) is 10.6. The Hall–Kier alpha value is -3.04. The van der Waals surface area contributed by atoms with Crippen molar-refractivity contribution in [3.8, 4) is 0 Å². The second kappa shape index (κ2) is 7.29. The van der Waals surface area contributed by atoms with Gasteiger partial charge in [-0.2, -0.15) is 0 Å². The lowest BCUT2D eigenvalue weighted by molar-refractivity contribution is -0.394. The summed E-state index contributed by atoms with van der Waals surface area (Å²) in [6.45, 7) is 4.64. The highest BCUT2D eigenvalue weighted by molar-refractivity contribution is 5.97. The van der Waals surface area contributed by atoms with Gasteiger partial charge in [-0.3, -0.25) is 25.0 Å². The second-order valence-electron chi connectivity index (χ2n) is 4.93. The molecule has 0 heterocycles. The molecular formula is C13H15N3O7. The Balaban J connectivity index is 3.01. The van der Waals surface area contributed by atoms with E-state index in [0.717, 1.165) is 18.2 Å². The summed E-state index contributed by atoms with van der Waals surface area (Å²) >= 11 is 0. The molecule has 1 unspecified atom stereocenters. The van der Waals surface area contributed by atoms with Crippen molar-refractivity contribution in [2.75, 3.05) is 0 Å². The summed E-state index contributed by atoms with van der Waals surface area (Å²) in [5.41, 5.74) is -1.49. The van der Waals surface area contributed by atoms with Crippen LogP contribution in [-0.2, 0) is 9.53 Å². The van der Waals surface area contributed by atoms with Gasteiger partial charge in [-0.1, -0.05) is 0 Å². The third-order valence-corrected chi connectivity index (χ3v) is 2.64. The highest BCUT2D eigenvalue weighted by Crippen LogP contribution is 2.22. The molecule has 0 fully saturated rings. The molecule has 1 atom stereocenters. The number of nitrogens with zero attached hydrogens (tertiary/aromatic N) is 2. The van der Waals surface area contributed by atoms with Gasteiger partial charge < -0.3 is 10.1 Å². The summed E-state index contributed by atoms with van der Waals surface area (Å²) < 4.78 is 4.90. The number of nitro groups is 2. The Kier molecular flexibility index (Phi) is 5.71. The summed E-state index contributed by atoms with van der Waals surface area (Å²) in [5, 5.41) is 23.8. The van der Waals surface area contributed by atoms with Crippen molar-refractivity contribution in [3.05, 3.63) is 44.0 Å². The Bertz CT molecular complexity index is 625. The fraction of sp³-hybridized carbons (Fsp3) is 0.385. The maximum Gasteiger partial charge on any atom is 0.328 e. The number of ether oxygens (including phenoxy) is 1. The number of hydrogen-bond acceptors (Lipinski definition) is 7. The van der Waals surface area contributed by atoms with Crippen LogP contribution in [0, 0.1) is 20.2 Å². The van der Waals surface area contributed by atoms with Crippen LogP contribution in [0.15, 0.2) is 18.2 Å². The molecule has 124 valence electrons. The summed E-state index contributed by atoms with van der Waals surface area (Å²) in [4.78, 5) is 43.5. The number of carbonyl (C=O) groups excluding carboxylic acids is 2. The fourth-order valence-corrected chi connectivity index (χ4v) is 1.61. The highest BCUT2D eigenvalue weighted by Gasteiger charge is 2.23. The molecule has 0 radical (unpaired) electrons. The largest absolute Gasteiger partial charge is 0.461 e. The van der Waals surface area contributed by atoms with Crippen LogP contribution in [-0.4, -0.2) is 33.9 Å².